The first-order valence-electron chi connectivity index (χ1n) is 8.53. The van der Waals surface area contributed by atoms with Gasteiger partial charge in [0.15, 0.2) is 10.8 Å². The first kappa shape index (κ1) is 16.8. The fourth-order valence-electron chi connectivity index (χ4n) is 3.21. The van der Waals surface area contributed by atoms with Gasteiger partial charge >= 0.3 is 0 Å². The summed E-state index contributed by atoms with van der Waals surface area (Å²) in [5.74, 6) is -0.0338. The molecule has 0 radical (unpaired) electrons. The summed E-state index contributed by atoms with van der Waals surface area (Å²) in [6.45, 7) is 6.54. The van der Waals surface area contributed by atoms with Crippen molar-refractivity contribution in [3.8, 4) is 0 Å². The molecule has 0 aromatic carbocycles. The van der Waals surface area contributed by atoms with Crippen LogP contribution >= 0.6 is 11.3 Å². The molecule has 9 heteroatoms. The normalized spacial score (nSPS) is 15.0. The molecule has 1 amide bonds. The van der Waals surface area contributed by atoms with E-state index < -0.39 is 0 Å². The summed E-state index contributed by atoms with van der Waals surface area (Å²) < 4.78 is 1.37. The summed E-state index contributed by atoms with van der Waals surface area (Å²) in [6, 6.07) is 1.74. The number of H-pyrrole nitrogens is 1. The van der Waals surface area contributed by atoms with Gasteiger partial charge in [0.05, 0.1) is 12.1 Å². The van der Waals surface area contributed by atoms with Crippen molar-refractivity contribution in [3.05, 3.63) is 44.9 Å². The van der Waals surface area contributed by atoms with E-state index in [1.165, 1.54) is 4.52 Å². The second-order valence-electron chi connectivity index (χ2n) is 6.45. The topological polar surface area (TPSA) is 86.6 Å². The third-order valence-corrected chi connectivity index (χ3v) is 5.70. The van der Waals surface area contributed by atoms with Crippen molar-refractivity contribution in [1.29, 1.82) is 0 Å². The molecule has 0 unspecified atom stereocenters. The number of rotatable bonds is 3. The Balaban J connectivity index is 1.45. The van der Waals surface area contributed by atoms with Crippen LogP contribution in [0.3, 0.4) is 0 Å². The predicted octanol–water partition coefficient (Wildman–Crippen LogP) is 0.987. The van der Waals surface area contributed by atoms with E-state index in [1.54, 1.807) is 30.5 Å². The first-order valence-corrected chi connectivity index (χ1v) is 9.41. The molecule has 0 spiro atoms. The van der Waals surface area contributed by atoms with Crippen molar-refractivity contribution < 1.29 is 4.79 Å². The third-order valence-electron chi connectivity index (χ3n) is 4.68. The molecule has 3 aromatic heterocycles. The van der Waals surface area contributed by atoms with E-state index in [4.69, 9.17) is 0 Å². The van der Waals surface area contributed by atoms with Gasteiger partial charge in [0.1, 0.15) is 0 Å². The van der Waals surface area contributed by atoms with Crippen molar-refractivity contribution >= 4 is 28.0 Å². The van der Waals surface area contributed by atoms with Gasteiger partial charge in [-0.15, -0.1) is 11.3 Å². The SMILES string of the molecule is Cc1csc(N2CCN(C(=O)Cc3c(C)nc4cc[nH]n4c3=O)CC2)n1. The number of carbonyl (C=O) groups excluding carboxylic acids is 1. The second-order valence-corrected chi connectivity index (χ2v) is 7.29. The average Bonchev–Trinajstić information content (AvgIpc) is 3.27. The maximum absolute atomic E-state index is 12.7. The Hall–Kier alpha value is -2.68. The molecular weight excluding hydrogens is 352 g/mol. The number of aromatic amines is 1. The van der Waals surface area contributed by atoms with Crippen molar-refractivity contribution in [2.24, 2.45) is 0 Å². The van der Waals surface area contributed by atoms with Gasteiger partial charge in [-0.2, -0.15) is 0 Å². The molecular formula is C17H20N6O2S. The van der Waals surface area contributed by atoms with Crippen LogP contribution in [0, 0.1) is 13.8 Å². The molecule has 4 rings (SSSR count). The first-order chi connectivity index (χ1) is 12.5. The monoisotopic (exact) mass is 372 g/mol. The van der Waals surface area contributed by atoms with Crippen LogP contribution in [0.15, 0.2) is 22.4 Å². The number of thiazole rings is 1. The summed E-state index contributed by atoms with van der Waals surface area (Å²) in [6.07, 6.45) is 1.74. The zero-order valence-electron chi connectivity index (χ0n) is 14.7. The molecule has 1 N–H and O–H groups in total. The Morgan fingerprint density at radius 1 is 1.23 bits per heavy atom. The molecule has 26 heavy (non-hydrogen) atoms. The van der Waals surface area contributed by atoms with Crippen LogP contribution in [0.1, 0.15) is 17.0 Å². The highest BCUT2D eigenvalue weighted by Gasteiger charge is 2.24. The lowest BCUT2D eigenvalue weighted by Gasteiger charge is -2.34. The molecule has 1 aliphatic heterocycles. The molecule has 0 bridgehead atoms. The summed E-state index contributed by atoms with van der Waals surface area (Å²) in [7, 11) is 0. The van der Waals surface area contributed by atoms with E-state index in [0.29, 0.717) is 30.0 Å². The number of carbonyl (C=O) groups is 1. The summed E-state index contributed by atoms with van der Waals surface area (Å²) >= 11 is 1.63. The number of amides is 1. The van der Waals surface area contributed by atoms with Gasteiger partial charge in [-0.05, 0) is 13.8 Å². The van der Waals surface area contributed by atoms with Gasteiger partial charge in [-0.1, -0.05) is 0 Å². The Labute approximate surface area is 154 Å². The Kier molecular flexibility index (Phi) is 4.23. The Bertz CT molecular complexity index is 1010. The molecule has 0 aliphatic carbocycles. The fourth-order valence-corrected chi connectivity index (χ4v) is 4.06. The molecule has 1 fully saturated rings. The number of piperazine rings is 1. The second kappa shape index (κ2) is 6.56. The fraction of sp³-hybridized carbons (Fsp3) is 0.412. The van der Waals surface area contributed by atoms with E-state index in [2.05, 4.69) is 20.0 Å². The largest absolute Gasteiger partial charge is 0.345 e. The number of fused-ring (bicyclic) bond motifs is 1. The lowest BCUT2D eigenvalue weighted by atomic mass is 10.1. The van der Waals surface area contributed by atoms with Crippen LogP contribution in [-0.2, 0) is 11.2 Å². The van der Waals surface area contributed by atoms with E-state index in [0.717, 1.165) is 23.9 Å². The Morgan fingerprint density at radius 3 is 2.69 bits per heavy atom. The van der Waals surface area contributed by atoms with Gasteiger partial charge < -0.3 is 9.80 Å². The summed E-state index contributed by atoms with van der Waals surface area (Å²) in [5, 5.41) is 5.88. The minimum Gasteiger partial charge on any atom is -0.345 e. The zero-order chi connectivity index (χ0) is 18.3. The minimum atomic E-state index is -0.206. The smallest absolute Gasteiger partial charge is 0.276 e. The quantitative estimate of drug-likeness (QED) is 0.741. The highest BCUT2D eigenvalue weighted by atomic mass is 32.1. The molecule has 0 atom stereocenters. The molecule has 8 nitrogen and oxygen atoms in total. The molecule has 1 saturated heterocycles. The van der Waals surface area contributed by atoms with Crippen molar-refractivity contribution in [3.63, 3.8) is 0 Å². The van der Waals surface area contributed by atoms with E-state index >= 15 is 0 Å². The lowest BCUT2D eigenvalue weighted by Crippen LogP contribution is -2.49. The third kappa shape index (κ3) is 2.98. The van der Waals surface area contributed by atoms with Crippen LogP contribution in [-0.4, -0.2) is 56.6 Å². The average molecular weight is 372 g/mol. The van der Waals surface area contributed by atoms with E-state index in [-0.39, 0.29) is 17.9 Å². The highest BCUT2D eigenvalue weighted by Crippen LogP contribution is 2.21. The maximum atomic E-state index is 12.7. The van der Waals surface area contributed by atoms with Crippen LogP contribution in [0.25, 0.3) is 5.65 Å². The molecule has 1 aliphatic rings. The number of hydrogen-bond acceptors (Lipinski definition) is 6. The molecule has 0 saturated carbocycles. The number of aromatic nitrogens is 4. The van der Waals surface area contributed by atoms with Crippen LogP contribution in [0.2, 0.25) is 0 Å². The summed E-state index contributed by atoms with van der Waals surface area (Å²) in [4.78, 5) is 38.2. The van der Waals surface area contributed by atoms with Crippen LogP contribution in [0.5, 0.6) is 0 Å². The lowest BCUT2D eigenvalue weighted by molar-refractivity contribution is -0.130. The molecule has 4 heterocycles. The van der Waals surface area contributed by atoms with E-state index in [9.17, 15) is 9.59 Å². The number of hydrogen-bond donors (Lipinski definition) is 1. The maximum Gasteiger partial charge on any atom is 0.276 e. The standard InChI is InChI=1S/C17H20N6O2S/c1-11-10-26-17(19-11)22-7-5-21(6-8-22)15(24)9-13-12(2)20-14-3-4-18-23(14)16(13)25/h3-4,10,18H,5-9H2,1-2H3. The van der Waals surface area contributed by atoms with Crippen LogP contribution < -0.4 is 10.5 Å². The van der Waals surface area contributed by atoms with Crippen LogP contribution in [0.4, 0.5) is 5.13 Å². The Morgan fingerprint density at radius 2 is 2.00 bits per heavy atom. The van der Waals surface area contributed by atoms with Gasteiger partial charge in [0.25, 0.3) is 5.56 Å². The predicted molar refractivity (Wildman–Crippen MR) is 99.9 cm³/mol. The van der Waals surface area contributed by atoms with Gasteiger partial charge in [0, 0.05) is 55.1 Å². The number of nitrogens with one attached hydrogen (secondary N) is 1. The number of anilines is 1. The van der Waals surface area contributed by atoms with Gasteiger partial charge in [-0.25, -0.2) is 14.5 Å². The molecule has 3 aromatic rings. The minimum absolute atomic E-state index is 0.0338. The zero-order valence-corrected chi connectivity index (χ0v) is 15.5. The number of aryl methyl sites for hydroxylation is 2. The highest BCUT2D eigenvalue weighted by molar-refractivity contribution is 7.13. The number of nitrogens with zero attached hydrogens (tertiary/aromatic N) is 5. The van der Waals surface area contributed by atoms with Gasteiger partial charge in [-0.3, -0.25) is 14.7 Å². The van der Waals surface area contributed by atoms with Crippen molar-refractivity contribution in [2.75, 3.05) is 31.1 Å². The molecule has 136 valence electrons. The van der Waals surface area contributed by atoms with Crippen molar-refractivity contribution in [1.82, 2.24) is 24.5 Å². The summed E-state index contributed by atoms with van der Waals surface area (Å²) in [5.41, 5.74) is 2.44. The van der Waals surface area contributed by atoms with Gasteiger partial charge in [0.2, 0.25) is 5.91 Å². The van der Waals surface area contributed by atoms with E-state index in [1.807, 2.05) is 17.2 Å². The van der Waals surface area contributed by atoms with Crippen molar-refractivity contribution in [2.45, 2.75) is 20.3 Å².